The number of aryl methyl sites for hydroxylation is 1. The number of unbranched alkanes of at least 4 members (excludes halogenated alkanes) is 1. The Morgan fingerprint density at radius 3 is 2.72 bits per heavy atom. The van der Waals surface area contributed by atoms with Crippen LogP contribution in [0.25, 0.3) is 0 Å². The Kier molecular flexibility index (Phi) is 6.32. The minimum absolute atomic E-state index is 0.223. The van der Waals surface area contributed by atoms with Crippen LogP contribution >= 0.6 is 15.9 Å². The predicted octanol–water partition coefficient (Wildman–Crippen LogP) is 3.02. The smallest absolute Gasteiger partial charge is 0.211 e. The maximum Gasteiger partial charge on any atom is 0.211 e. The van der Waals surface area contributed by atoms with Crippen molar-refractivity contribution in [1.29, 1.82) is 0 Å². The van der Waals surface area contributed by atoms with E-state index in [0.717, 1.165) is 17.3 Å². The molecule has 0 heterocycles. The zero-order valence-electron chi connectivity index (χ0n) is 10.9. The highest BCUT2D eigenvalue weighted by Gasteiger charge is 2.08. The molecule has 0 aliphatic heterocycles. The van der Waals surface area contributed by atoms with E-state index in [0.29, 0.717) is 13.0 Å². The second kappa shape index (κ2) is 7.26. The average molecular weight is 334 g/mol. The van der Waals surface area contributed by atoms with Gasteiger partial charge in [-0.2, -0.15) is 0 Å². The van der Waals surface area contributed by atoms with Crippen molar-refractivity contribution >= 4 is 26.0 Å². The molecule has 0 aliphatic carbocycles. The van der Waals surface area contributed by atoms with Gasteiger partial charge < -0.3 is 0 Å². The number of hydrogen-bond donors (Lipinski definition) is 1. The normalized spacial score (nSPS) is 11.7. The topological polar surface area (TPSA) is 46.2 Å². The average Bonchev–Trinajstić information content (AvgIpc) is 2.31. The Bertz CT molecular complexity index is 486. The number of sulfonamides is 1. The van der Waals surface area contributed by atoms with Gasteiger partial charge in [-0.15, -0.1) is 0 Å². The van der Waals surface area contributed by atoms with Gasteiger partial charge in [0.25, 0.3) is 0 Å². The molecule has 0 unspecified atom stereocenters. The largest absolute Gasteiger partial charge is 0.215 e. The van der Waals surface area contributed by atoms with Gasteiger partial charge in [0.15, 0.2) is 0 Å². The standard InChI is InChI=1S/C13H20BrNO2S/c1-3-4-9-18(16,17)15-8-7-12-10-13(14)6-5-11(12)2/h5-6,10,15H,3-4,7-9H2,1-2H3. The molecule has 1 N–H and O–H groups in total. The van der Waals surface area contributed by atoms with Crippen molar-refractivity contribution in [3.63, 3.8) is 0 Å². The number of halogens is 1. The van der Waals surface area contributed by atoms with Crippen LogP contribution in [0, 0.1) is 6.92 Å². The lowest BCUT2D eigenvalue weighted by atomic mass is 10.1. The van der Waals surface area contributed by atoms with Gasteiger partial charge in [-0.1, -0.05) is 35.3 Å². The van der Waals surface area contributed by atoms with Gasteiger partial charge in [0.2, 0.25) is 10.0 Å². The molecule has 0 radical (unpaired) electrons. The molecule has 1 aromatic carbocycles. The highest BCUT2D eigenvalue weighted by atomic mass is 79.9. The quantitative estimate of drug-likeness (QED) is 0.833. The van der Waals surface area contributed by atoms with E-state index in [4.69, 9.17) is 0 Å². The number of nitrogens with one attached hydrogen (secondary N) is 1. The van der Waals surface area contributed by atoms with Crippen LogP contribution in [0.3, 0.4) is 0 Å². The fraction of sp³-hybridized carbons (Fsp3) is 0.538. The molecule has 0 amide bonds. The fourth-order valence-electron chi connectivity index (χ4n) is 1.66. The number of rotatable bonds is 7. The van der Waals surface area contributed by atoms with E-state index < -0.39 is 10.0 Å². The lowest BCUT2D eigenvalue weighted by molar-refractivity contribution is 0.578. The maximum absolute atomic E-state index is 11.6. The number of hydrogen-bond acceptors (Lipinski definition) is 2. The van der Waals surface area contributed by atoms with Crippen LogP contribution in [-0.2, 0) is 16.4 Å². The molecule has 18 heavy (non-hydrogen) atoms. The first-order chi connectivity index (χ1) is 8.44. The van der Waals surface area contributed by atoms with Gasteiger partial charge >= 0.3 is 0 Å². The van der Waals surface area contributed by atoms with Gasteiger partial charge in [-0.05, 0) is 43.0 Å². The van der Waals surface area contributed by atoms with Crippen LogP contribution in [0.1, 0.15) is 30.9 Å². The summed E-state index contributed by atoms with van der Waals surface area (Å²) in [4.78, 5) is 0. The molecule has 0 aromatic heterocycles. The summed E-state index contributed by atoms with van der Waals surface area (Å²) < 4.78 is 26.9. The van der Waals surface area contributed by atoms with Crippen molar-refractivity contribution in [3.8, 4) is 0 Å². The van der Waals surface area contributed by atoms with Gasteiger partial charge in [0.05, 0.1) is 5.75 Å². The minimum atomic E-state index is -3.10. The van der Waals surface area contributed by atoms with Crippen LogP contribution in [-0.4, -0.2) is 20.7 Å². The molecule has 0 aliphatic rings. The van der Waals surface area contributed by atoms with Crippen molar-refractivity contribution in [2.24, 2.45) is 0 Å². The zero-order valence-corrected chi connectivity index (χ0v) is 13.3. The summed E-state index contributed by atoms with van der Waals surface area (Å²) in [6, 6.07) is 6.06. The van der Waals surface area contributed by atoms with Crippen LogP contribution < -0.4 is 4.72 Å². The van der Waals surface area contributed by atoms with Gasteiger partial charge in [0, 0.05) is 11.0 Å². The van der Waals surface area contributed by atoms with Crippen molar-refractivity contribution in [1.82, 2.24) is 4.72 Å². The van der Waals surface area contributed by atoms with Crippen LogP contribution in [0.2, 0.25) is 0 Å². The van der Waals surface area contributed by atoms with Crippen molar-refractivity contribution in [3.05, 3.63) is 33.8 Å². The zero-order chi connectivity index (χ0) is 13.6. The monoisotopic (exact) mass is 333 g/mol. The Balaban J connectivity index is 2.49. The molecule has 0 fully saturated rings. The summed E-state index contributed by atoms with van der Waals surface area (Å²) >= 11 is 3.42. The Hall–Kier alpha value is -0.390. The molecule has 1 rings (SSSR count). The summed E-state index contributed by atoms with van der Waals surface area (Å²) in [5.74, 6) is 0.223. The van der Waals surface area contributed by atoms with Crippen molar-refractivity contribution < 1.29 is 8.42 Å². The third-order valence-corrected chi connectivity index (χ3v) is 4.76. The molecule has 102 valence electrons. The lowest BCUT2D eigenvalue weighted by Gasteiger charge is -2.08. The Morgan fingerprint density at radius 2 is 2.06 bits per heavy atom. The summed E-state index contributed by atoms with van der Waals surface area (Å²) in [6.07, 6.45) is 2.33. The van der Waals surface area contributed by atoms with E-state index >= 15 is 0 Å². The predicted molar refractivity (Wildman–Crippen MR) is 79.3 cm³/mol. The third-order valence-electron chi connectivity index (χ3n) is 2.79. The molecule has 1 aromatic rings. The summed E-state index contributed by atoms with van der Waals surface area (Å²) in [7, 11) is -3.10. The van der Waals surface area contributed by atoms with Gasteiger partial charge in [0.1, 0.15) is 0 Å². The molecule has 0 saturated carbocycles. The van der Waals surface area contributed by atoms with Gasteiger partial charge in [-0.3, -0.25) is 0 Å². The summed E-state index contributed by atoms with van der Waals surface area (Å²) in [5.41, 5.74) is 2.36. The molecule has 0 spiro atoms. The maximum atomic E-state index is 11.6. The highest BCUT2D eigenvalue weighted by Crippen LogP contribution is 2.16. The molecule has 3 nitrogen and oxygen atoms in total. The second-order valence-electron chi connectivity index (χ2n) is 4.39. The Labute approximate surface area is 118 Å². The first kappa shape index (κ1) is 15.7. The third kappa shape index (κ3) is 5.50. The summed E-state index contributed by atoms with van der Waals surface area (Å²) in [5, 5.41) is 0. The van der Waals surface area contributed by atoms with Crippen molar-refractivity contribution in [2.45, 2.75) is 33.1 Å². The molecular weight excluding hydrogens is 314 g/mol. The second-order valence-corrected chi connectivity index (χ2v) is 7.23. The molecule has 0 atom stereocenters. The highest BCUT2D eigenvalue weighted by molar-refractivity contribution is 9.10. The van der Waals surface area contributed by atoms with E-state index in [-0.39, 0.29) is 5.75 Å². The van der Waals surface area contributed by atoms with Crippen LogP contribution in [0.5, 0.6) is 0 Å². The van der Waals surface area contributed by atoms with Crippen LogP contribution in [0.15, 0.2) is 22.7 Å². The molecule has 0 bridgehead atoms. The van der Waals surface area contributed by atoms with E-state index in [9.17, 15) is 8.42 Å². The first-order valence-electron chi connectivity index (χ1n) is 6.17. The fourth-order valence-corrected chi connectivity index (χ4v) is 3.29. The SMILES string of the molecule is CCCCS(=O)(=O)NCCc1cc(Br)ccc1C. The summed E-state index contributed by atoms with van der Waals surface area (Å²) in [6.45, 7) is 4.48. The van der Waals surface area contributed by atoms with E-state index in [1.807, 2.05) is 32.0 Å². The van der Waals surface area contributed by atoms with E-state index in [1.54, 1.807) is 0 Å². The molecule has 0 saturated heterocycles. The first-order valence-corrected chi connectivity index (χ1v) is 8.61. The Morgan fingerprint density at radius 1 is 1.33 bits per heavy atom. The van der Waals surface area contributed by atoms with Crippen LogP contribution in [0.4, 0.5) is 0 Å². The molecule has 5 heteroatoms. The molecular formula is C13H20BrNO2S. The van der Waals surface area contributed by atoms with E-state index in [1.165, 1.54) is 11.1 Å². The van der Waals surface area contributed by atoms with E-state index in [2.05, 4.69) is 20.7 Å². The van der Waals surface area contributed by atoms with Gasteiger partial charge in [-0.25, -0.2) is 13.1 Å². The number of benzene rings is 1. The van der Waals surface area contributed by atoms with Crippen molar-refractivity contribution in [2.75, 3.05) is 12.3 Å². The lowest BCUT2D eigenvalue weighted by Crippen LogP contribution is -2.28. The minimum Gasteiger partial charge on any atom is -0.215 e.